The first kappa shape index (κ1) is 20.3. The molecule has 136 valence electrons. The van der Waals surface area contributed by atoms with Crippen molar-refractivity contribution in [2.75, 3.05) is 27.7 Å². The zero-order valence-electron chi connectivity index (χ0n) is 16.5. The number of rotatable bonds is 6. The van der Waals surface area contributed by atoms with Crippen LogP contribution in [0.2, 0.25) is 0 Å². The van der Waals surface area contributed by atoms with Crippen molar-refractivity contribution in [3.8, 4) is 5.75 Å². The fourth-order valence-electron chi connectivity index (χ4n) is 1.94. The standard InChI is InChI=1S/C19H34N4O/c1-18(2,3)24-16-12-10-9-11-15(16)13-21-17(20-6)22-14-19(4,5)23(7)8/h9-12H,13-14H2,1-8H3,(H2,20,21,22). The molecule has 0 aliphatic carbocycles. The molecule has 0 radical (unpaired) electrons. The van der Waals surface area contributed by atoms with E-state index in [2.05, 4.69) is 75.3 Å². The van der Waals surface area contributed by atoms with E-state index in [4.69, 9.17) is 4.74 Å². The van der Waals surface area contributed by atoms with Gasteiger partial charge in [0.05, 0.1) is 0 Å². The molecule has 0 aliphatic heterocycles. The first-order valence-electron chi connectivity index (χ1n) is 8.44. The van der Waals surface area contributed by atoms with Gasteiger partial charge in [-0.2, -0.15) is 0 Å². The minimum Gasteiger partial charge on any atom is -0.488 e. The van der Waals surface area contributed by atoms with Crippen molar-refractivity contribution in [2.24, 2.45) is 4.99 Å². The molecule has 5 nitrogen and oxygen atoms in total. The highest BCUT2D eigenvalue weighted by molar-refractivity contribution is 5.79. The number of para-hydroxylation sites is 1. The van der Waals surface area contributed by atoms with E-state index in [-0.39, 0.29) is 11.1 Å². The fraction of sp³-hybridized carbons (Fsp3) is 0.632. The molecule has 0 saturated carbocycles. The Hall–Kier alpha value is -1.75. The second-order valence-electron chi connectivity index (χ2n) is 7.81. The summed E-state index contributed by atoms with van der Waals surface area (Å²) in [6, 6.07) is 8.11. The highest BCUT2D eigenvalue weighted by Crippen LogP contribution is 2.22. The largest absolute Gasteiger partial charge is 0.488 e. The van der Waals surface area contributed by atoms with Gasteiger partial charge in [-0.15, -0.1) is 0 Å². The van der Waals surface area contributed by atoms with Crippen LogP contribution in [-0.4, -0.2) is 49.7 Å². The SMILES string of the molecule is CN=C(NCc1ccccc1OC(C)(C)C)NCC(C)(C)N(C)C. The molecule has 0 aliphatic rings. The fourth-order valence-corrected chi connectivity index (χ4v) is 1.94. The third-order valence-corrected chi connectivity index (χ3v) is 3.96. The van der Waals surface area contributed by atoms with Crippen LogP contribution in [0.1, 0.15) is 40.2 Å². The molecule has 0 saturated heterocycles. The molecule has 0 bridgehead atoms. The first-order valence-corrected chi connectivity index (χ1v) is 8.44. The summed E-state index contributed by atoms with van der Waals surface area (Å²) in [6.45, 7) is 12.0. The van der Waals surface area contributed by atoms with Crippen LogP contribution in [0.15, 0.2) is 29.3 Å². The van der Waals surface area contributed by atoms with E-state index >= 15 is 0 Å². The van der Waals surface area contributed by atoms with Gasteiger partial charge in [-0.3, -0.25) is 4.99 Å². The Bertz CT molecular complexity index is 545. The molecule has 1 aromatic carbocycles. The van der Waals surface area contributed by atoms with Gasteiger partial charge in [0.2, 0.25) is 0 Å². The molecule has 2 N–H and O–H groups in total. The Morgan fingerprint density at radius 2 is 1.71 bits per heavy atom. The number of nitrogens with one attached hydrogen (secondary N) is 2. The van der Waals surface area contributed by atoms with Gasteiger partial charge >= 0.3 is 0 Å². The van der Waals surface area contributed by atoms with Gasteiger partial charge in [0.1, 0.15) is 11.4 Å². The summed E-state index contributed by atoms with van der Waals surface area (Å²) in [6.07, 6.45) is 0. The van der Waals surface area contributed by atoms with Crippen molar-refractivity contribution in [1.29, 1.82) is 0 Å². The zero-order chi connectivity index (χ0) is 18.4. The third kappa shape index (κ3) is 6.79. The van der Waals surface area contributed by atoms with Gasteiger partial charge in [-0.1, -0.05) is 18.2 Å². The topological polar surface area (TPSA) is 48.9 Å². The van der Waals surface area contributed by atoms with Crippen LogP contribution in [0.5, 0.6) is 5.75 Å². The number of hydrogen-bond acceptors (Lipinski definition) is 3. The Labute approximate surface area is 147 Å². The van der Waals surface area contributed by atoms with Crippen molar-refractivity contribution in [2.45, 2.75) is 52.3 Å². The van der Waals surface area contributed by atoms with Crippen LogP contribution in [0.25, 0.3) is 0 Å². The van der Waals surface area contributed by atoms with Crippen molar-refractivity contribution in [1.82, 2.24) is 15.5 Å². The second-order valence-corrected chi connectivity index (χ2v) is 7.81. The summed E-state index contributed by atoms with van der Waals surface area (Å²) >= 11 is 0. The van der Waals surface area contributed by atoms with E-state index in [9.17, 15) is 0 Å². The van der Waals surface area contributed by atoms with Crippen LogP contribution in [0, 0.1) is 0 Å². The van der Waals surface area contributed by atoms with Crippen LogP contribution in [0.3, 0.4) is 0 Å². The maximum Gasteiger partial charge on any atom is 0.191 e. The van der Waals surface area contributed by atoms with E-state index in [0.717, 1.165) is 23.8 Å². The monoisotopic (exact) mass is 334 g/mol. The molecule has 24 heavy (non-hydrogen) atoms. The summed E-state index contributed by atoms with van der Waals surface area (Å²) in [5.74, 6) is 1.69. The highest BCUT2D eigenvalue weighted by Gasteiger charge is 2.20. The van der Waals surface area contributed by atoms with Gasteiger partial charge in [0, 0.05) is 31.2 Å². The number of nitrogens with zero attached hydrogens (tertiary/aromatic N) is 2. The smallest absolute Gasteiger partial charge is 0.191 e. The summed E-state index contributed by atoms with van der Waals surface area (Å²) < 4.78 is 6.04. The van der Waals surface area contributed by atoms with Crippen LogP contribution >= 0.6 is 0 Å². The lowest BCUT2D eigenvalue weighted by Gasteiger charge is -2.33. The zero-order valence-corrected chi connectivity index (χ0v) is 16.5. The lowest BCUT2D eigenvalue weighted by Crippen LogP contribution is -2.50. The van der Waals surface area contributed by atoms with Crippen LogP contribution < -0.4 is 15.4 Å². The quantitative estimate of drug-likeness (QED) is 0.620. The molecule has 0 aromatic heterocycles. The molecule has 0 unspecified atom stereocenters. The summed E-state index contributed by atoms with van der Waals surface area (Å²) in [5.41, 5.74) is 0.943. The highest BCUT2D eigenvalue weighted by atomic mass is 16.5. The summed E-state index contributed by atoms with van der Waals surface area (Å²) in [7, 11) is 5.95. The van der Waals surface area contributed by atoms with Gasteiger partial charge in [0.15, 0.2) is 5.96 Å². The molecule has 1 aromatic rings. The lowest BCUT2D eigenvalue weighted by molar-refractivity contribution is 0.129. The number of hydrogen-bond donors (Lipinski definition) is 2. The molecule has 0 heterocycles. The van der Waals surface area contributed by atoms with Gasteiger partial charge in [-0.05, 0) is 54.8 Å². The molecule has 0 atom stereocenters. The van der Waals surface area contributed by atoms with Crippen LogP contribution in [-0.2, 0) is 6.54 Å². The van der Waals surface area contributed by atoms with Gasteiger partial charge in [0.25, 0.3) is 0 Å². The Balaban J connectivity index is 2.67. The molecule has 1 rings (SSSR count). The molecule has 0 amide bonds. The Morgan fingerprint density at radius 1 is 1.08 bits per heavy atom. The third-order valence-electron chi connectivity index (χ3n) is 3.96. The molecular weight excluding hydrogens is 300 g/mol. The van der Waals surface area contributed by atoms with Gasteiger partial charge in [-0.25, -0.2) is 0 Å². The number of aliphatic imine (C=N–C) groups is 1. The number of likely N-dealkylation sites (N-methyl/N-ethyl adjacent to an activating group) is 1. The Morgan fingerprint density at radius 3 is 2.25 bits per heavy atom. The van der Waals surface area contributed by atoms with E-state index in [0.29, 0.717) is 6.54 Å². The minimum absolute atomic E-state index is 0.0465. The van der Waals surface area contributed by atoms with E-state index < -0.39 is 0 Å². The van der Waals surface area contributed by atoms with E-state index in [1.165, 1.54) is 0 Å². The number of guanidine groups is 1. The molecule has 0 spiro atoms. The predicted molar refractivity (Wildman–Crippen MR) is 103 cm³/mol. The van der Waals surface area contributed by atoms with Crippen LogP contribution in [0.4, 0.5) is 0 Å². The van der Waals surface area contributed by atoms with Crippen molar-refractivity contribution in [3.05, 3.63) is 29.8 Å². The number of benzene rings is 1. The van der Waals surface area contributed by atoms with Crippen molar-refractivity contribution >= 4 is 5.96 Å². The van der Waals surface area contributed by atoms with Gasteiger partial charge < -0.3 is 20.3 Å². The molecule has 5 heteroatoms. The summed E-state index contributed by atoms with van der Waals surface area (Å²) in [5, 5.41) is 6.75. The van der Waals surface area contributed by atoms with Crippen molar-refractivity contribution in [3.63, 3.8) is 0 Å². The molecule has 0 fully saturated rings. The van der Waals surface area contributed by atoms with E-state index in [1.54, 1.807) is 7.05 Å². The predicted octanol–water partition coefficient (Wildman–Crippen LogP) is 2.87. The normalized spacial score (nSPS) is 13.1. The lowest BCUT2D eigenvalue weighted by atomic mass is 10.0. The molecular formula is C19H34N4O. The summed E-state index contributed by atoms with van der Waals surface area (Å²) in [4.78, 5) is 6.50. The van der Waals surface area contributed by atoms with E-state index in [1.807, 2.05) is 18.2 Å². The average Bonchev–Trinajstić information content (AvgIpc) is 2.47. The first-order chi connectivity index (χ1) is 11.0. The maximum absolute atomic E-state index is 6.04. The number of ether oxygens (including phenoxy) is 1. The Kier molecular flexibility index (Phi) is 7.08. The maximum atomic E-state index is 6.04. The second kappa shape index (κ2) is 8.38. The average molecular weight is 335 g/mol. The minimum atomic E-state index is -0.217. The van der Waals surface area contributed by atoms with Crippen molar-refractivity contribution < 1.29 is 4.74 Å².